The Balaban J connectivity index is 2.94. The number of carbonyl (C=O) groups excluding carboxylic acids is 1. The van der Waals surface area contributed by atoms with E-state index in [2.05, 4.69) is 0 Å². The SMILES string of the molecule is CN(C(=O)C(F)(F)C(F)F)c1ccc(F)cc1. The largest absolute Gasteiger partial charge is 0.384 e. The maximum Gasteiger partial charge on any atom is 0.384 e. The number of anilines is 1. The lowest BCUT2D eigenvalue weighted by Gasteiger charge is -2.22. The van der Waals surface area contributed by atoms with Gasteiger partial charge in [0.2, 0.25) is 0 Å². The molecule has 0 radical (unpaired) electrons. The van der Waals surface area contributed by atoms with Crippen molar-refractivity contribution >= 4 is 11.6 Å². The topological polar surface area (TPSA) is 20.3 Å². The molecule has 0 unspecified atom stereocenters. The Kier molecular flexibility index (Phi) is 3.69. The molecule has 0 N–H and O–H groups in total. The van der Waals surface area contributed by atoms with Crippen LogP contribution in [0.3, 0.4) is 0 Å². The van der Waals surface area contributed by atoms with Crippen LogP contribution in [0.4, 0.5) is 27.6 Å². The van der Waals surface area contributed by atoms with E-state index in [1.165, 1.54) is 0 Å². The van der Waals surface area contributed by atoms with E-state index in [4.69, 9.17) is 0 Å². The van der Waals surface area contributed by atoms with Crippen molar-refractivity contribution in [1.82, 2.24) is 0 Å². The molecule has 0 aromatic heterocycles. The van der Waals surface area contributed by atoms with E-state index in [0.29, 0.717) is 4.90 Å². The zero-order valence-electron chi connectivity index (χ0n) is 8.63. The van der Waals surface area contributed by atoms with Crippen LogP contribution in [-0.2, 0) is 4.79 Å². The van der Waals surface area contributed by atoms with E-state index in [0.717, 1.165) is 31.3 Å². The fourth-order valence-electron chi connectivity index (χ4n) is 1.10. The van der Waals surface area contributed by atoms with Crippen molar-refractivity contribution in [1.29, 1.82) is 0 Å². The highest BCUT2D eigenvalue weighted by atomic mass is 19.3. The predicted octanol–water partition coefficient (Wildman–Crippen LogP) is 2.69. The third-order valence-corrected chi connectivity index (χ3v) is 2.08. The molecular weight excluding hydrogens is 245 g/mol. The quantitative estimate of drug-likeness (QED) is 0.758. The summed E-state index contributed by atoms with van der Waals surface area (Å²) in [5.41, 5.74) is -0.100. The van der Waals surface area contributed by atoms with Crippen molar-refractivity contribution in [3.05, 3.63) is 30.1 Å². The molecule has 94 valence electrons. The summed E-state index contributed by atoms with van der Waals surface area (Å²) in [4.78, 5) is 11.4. The summed E-state index contributed by atoms with van der Waals surface area (Å²) < 4.78 is 61.9. The average molecular weight is 253 g/mol. The van der Waals surface area contributed by atoms with E-state index in [-0.39, 0.29) is 5.69 Å². The van der Waals surface area contributed by atoms with E-state index in [9.17, 15) is 26.7 Å². The predicted molar refractivity (Wildman–Crippen MR) is 50.8 cm³/mol. The molecule has 0 spiro atoms. The fraction of sp³-hybridized carbons (Fsp3) is 0.300. The van der Waals surface area contributed by atoms with Crippen molar-refractivity contribution in [3.63, 3.8) is 0 Å². The third-order valence-electron chi connectivity index (χ3n) is 2.08. The summed E-state index contributed by atoms with van der Waals surface area (Å²) in [7, 11) is 0.909. The van der Waals surface area contributed by atoms with Crippen LogP contribution in [0, 0.1) is 5.82 Å². The second-order valence-electron chi connectivity index (χ2n) is 3.26. The standard InChI is InChI=1S/C10H8F5NO/c1-16(7-4-2-6(11)3-5-7)9(17)10(14,15)8(12)13/h2-5,8H,1H3. The Bertz CT molecular complexity index is 404. The van der Waals surface area contributed by atoms with Gasteiger partial charge in [-0.25, -0.2) is 13.2 Å². The molecule has 0 aliphatic carbocycles. The van der Waals surface area contributed by atoms with Gasteiger partial charge in [-0.15, -0.1) is 0 Å². The molecule has 0 aliphatic heterocycles. The van der Waals surface area contributed by atoms with Crippen LogP contribution in [0.2, 0.25) is 0 Å². The number of alkyl halides is 4. The molecule has 1 aromatic carbocycles. The van der Waals surface area contributed by atoms with Crippen molar-refractivity contribution in [2.75, 3.05) is 11.9 Å². The first-order valence-corrected chi connectivity index (χ1v) is 4.46. The molecule has 0 saturated carbocycles. The first-order valence-electron chi connectivity index (χ1n) is 4.46. The minimum atomic E-state index is -4.76. The van der Waals surface area contributed by atoms with Crippen LogP contribution >= 0.6 is 0 Å². The Labute approximate surface area is 93.6 Å². The summed E-state index contributed by atoms with van der Waals surface area (Å²) >= 11 is 0. The molecule has 17 heavy (non-hydrogen) atoms. The van der Waals surface area contributed by atoms with E-state index >= 15 is 0 Å². The number of benzene rings is 1. The second-order valence-corrected chi connectivity index (χ2v) is 3.26. The van der Waals surface area contributed by atoms with Gasteiger partial charge in [-0.05, 0) is 24.3 Å². The van der Waals surface area contributed by atoms with E-state index < -0.39 is 24.1 Å². The zero-order chi connectivity index (χ0) is 13.2. The maximum absolute atomic E-state index is 12.7. The van der Waals surface area contributed by atoms with Gasteiger partial charge in [-0.3, -0.25) is 4.79 Å². The van der Waals surface area contributed by atoms with E-state index in [1.807, 2.05) is 0 Å². The van der Waals surface area contributed by atoms with Crippen LogP contribution < -0.4 is 4.90 Å². The maximum atomic E-state index is 12.7. The number of carbonyl (C=O) groups is 1. The minimum absolute atomic E-state index is 0.100. The normalized spacial score (nSPS) is 11.7. The zero-order valence-corrected chi connectivity index (χ0v) is 8.63. The molecular formula is C10H8F5NO. The number of hydrogen-bond donors (Lipinski definition) is 0. The lowest BCUT2D eigenvalue weighted by molar-refractivity contribution is -0.166. The lowest BCUT2D eigenvalue weighted by atomic mass is 10.2. The first kappa shape index (κ1) is 13.4. The van der Waals surface area contributed by atoms with Gasteiger partial charge in [0.25, 0.3) is 0 Å². The molecule has 0 aliphatic rings. The molecule has 2 nitrogen and oxygen atoms in total. The van der Waals surface area contributed by atoms with Crippen molar-refractivity contribution < 1.29 is 26.7 Å². The van der Waals surface area contributed by atoms with Gasteiger partial charge >= 0.3 is 18.3 Å². The van der Waals surface area contributed by atoms with Gasteiger partial charge in [0.1, 0.15) is 5.82 Å². The Morgan fingerprint density at radius 1 is 1.24 bits per heavy atom. The van der Waals surface area contributed by atoms with Crippen LogP contribution in [0.1, 0.15) is 0 Å². The molecule has 7 heteroatoms. The number of nitrogens with zero attached hydrogens (tertiary/aromatic N) is 1. The summed E-state index contributed by atoms with van der Waals surface area (Å²) in [5.74, 6) is -7.43. The molecule has 0 saturated heterocycles. The highest BCUT2D eigenvalue weighted by Crippen LogP contribution is 2.27. The van der Waals surface area contributed by atoms with Crippen LogP contribution in [0.25, 0.3) is 0 Å². The fourth-order valence-corrected chi connectivity index (χ4v) is 1.10. The number of hydrogen-bond acceptors (Lipinski definition) is 1. The van der Waals surface area contributed by atoms with Gasteiger partial charge in [0.05, 0.1) is 0 Å². The molecule has 1 aromatic rings. The molecule has 0 atom stereocenters. The molecule has 0 fully saturated rings. The molecule has 0 heterocycles. The van der Waals surface area contributed by atoms with Crippen molar-refractivity contribution in [2.45, 2.75) is 12.3 Å². The Hall–Kier alpha value is -1.66. The van der Waals surface area contributed by atoms with Crippen LogP contribution in [0.15, 0.2) is 24.3 Å². The summed E-state index contributed by atoms with van der Waals surface area (Å²) in [5, 5.41) is 0. The molecule has 1 rings (SSSR count). The smallest absolute Gasteiger partial charge is 0.310 e. The summed E-state index contributed by atoms with van der Waals surface area (Å²) in [6.07, 6.45) is -4.09. The Morgan fingerprint density at radius 2 is 1.71 bits per heavy atom. The van der Waals surface area contributed by atoms with Crippen LogP contribution in [0.5, 0.6) is 0 Å². The van der Waals surface area contributed by atoms with E-state index in [1.54, 1.807) is 0 Å². The monoisotopic (exact) mass is 253 g/mol. The van der Waals surface area contributed by atoms with Crippen molar-refractivity contribution in [3.8, 4) is 0 Å². The average Bonchev–Trinajstić information content (AvgIpc) is 2.27. The third kappa shape index (κ3) is 2.72. The summed E-state index contributed by atoms with van der Waals surface area (Å²) in [6.45, 7) is 0. The number of rotatable bonds is 3. The highest BCUT2D eigenvalue weighted by molar-refractivity contribution is 5.98. The van der Waals surface area contributed by atoms with Crippen LogP contribution in [-0.4, -0.2) is 25.3 Å². The van der Waals surface area contributed by atoms with Gasteiger partial charge in [0, 0.05) is 12.7 Å². The summed E-state index contributed by atoms with van der Waals surface area (Å²) in [6, 6.07) is 3.93. The number of amides is 1. The molecule has 1 amide bonds. The van der Waals surface area contributed by atoms with Gasteiger partial charge in [-0.2, -0.15) is 8.78 Å². The lowest BCUT2D eigenvalue weighted by Crippen LogP contribution is -2.46. The molecule has 0 bridgehead atoms. The van der Waals surface area contributed by atoms with Gasteiger partial charge in [0.15, 0.2) is 0 Å². The number of halogens is 5. The van der Waals surface area contributed by atoms with Crippen molar-refractivity contribution in [2.24, 2.45) is 0 Å². The first-order chi connectivity index (χ1) is 7.76. The minimum Gasteiger partial charge on any atom is -0.310 e. The second kappa shape index (κ2) is 4.68. The highest BCUT2D eigenvalue weighted by Gasteiger charge is 2.50. The van der Waals surface area contributed by atoms with Gasteiger partial charge < -0.3 is 4.90 Å². The van der Waals surface area contributed by atoms with Gasteiger partial charge in [-0.1, -0.05) is 0 Å². The Morgan fingerprint density at radius 3 is 2.12 bits per heavy atom.